The van der Waals surface area contributed by atoms with E-state index in [1.807, 2.05) is 35.2 Å². The molecule has 1 aromatic heterocycles. The van der Waals surface area contributed by atoms with Gasteiger partial charge in [0.05, 0.1) is 10.6 Å². The van der Waals surface area contributed by atoms with Gasteiger partial charge in [0.1, 0.15) is 0 Å². The Morgan fingerprint density at radius 1 is 0.971 bits per heavy atom. The molecule has 1 saturated heterocycles. The van der Waals surface area contributed by atoms with Gasteiger partial charge >= 0.3 is 0 Å². The van der Waals surface area contributed by atoms with Crippen molar-refractivity contribution in [3.05, 3.63) is 88.1 Å². The van der Waals surface area contributed by atoms with Gasteiger partial charge in [-0.3, -0.25) is 9.69 Å². The number of rotatable bonds is 4. The van der Waals surface area contributed by atoms with Crippen LogP contribution in [0.3, 0.4) is 0 Å². The lowest BCUT2D eigenvalue weighted by Crippen LogP contribution is -2.44. The fourth-order valence-electron chi connectivity index (χ4n) is 5.32. The summed E-state index contributed by atoms with van der Waals surface area (Å²) in [5.74, 6) is 0.559. The first-order valence-electron chi connectivity index (χ1n) is 12.5. The maximum Gasteiger partial charge on any atom is 0.267 e. The van der Waals surface area contributed by atoms with E-state index in [1.165, 1.54) is 30.2 Å². The zero-order valence-electron chi connectivity index (χ0n) is 21.0. The normalized spacial score (nSPS) is 23.0. The number of hydrogen-bond acceptors (Lipinski definition) is 3. The Morgan fingerprint density at radius 3 is 2.40 bits per heavy atom. The van der Waals surface area contributed by atoms with Gasteiger partial charge in [-0.1, -0.05) is 55.7 Å². The van der Waals surface area contributed by atoms with Crippen LogP contribution in [0.4, 0.5) is 5.69 Å². The molecule has 0 N–H and O–H groups in total. The van der Waals surface area contributed by atoms with Crippen LogP contribution in [0.5, 0.6) is 0 Å². The summed E-state index contributed by atoms with van der Waals surface area (Å²) in [7, 11) is 0. The van der Waals surface area contributed by atoms with Crippen molar-refractivity contribution in [2.24, 2.45) is 10.9 Å². The van der Waals surface area contributed by atoms with E-state index < -0.39 is 0 Å². The van der Waals surface area contributed by atoms with Crippen LogP contribution >= 0.6 is 11.8 Å². The second-order valence-electron chi connectivity index (χ2n) is 9.84. The molecule has 2 atom stereocenters. The number of benzene rings is 2. The third-order valence-corrected chi connectivity index (χ3v) is 8.25. The molecular weight excluding hydrogens is 450 g/mol. The molecule has 2 aromatic carbocycles. The van der Waals surface area contributed by atoms with Gasteiger partial charge in [-0.05, 0) is 93.3 Å². The van der Waals surface area contributed by atoms with Crippen LogP contribution in [0.15, 0.2) is 70.6 Å². The van der Waals surface area contributed by atoms with E-state index in [2.05, 4.69) is 68.7 Å². The fourth-order valence-corrected chi connectivity index (χ4v) is 6.35. The van der Waals surface area contributed by atoms with Crippen molar-refractivity contribution in [1.82, 2.24) is 9.47 Å². The Morgan fingerprint density at radius 2 is 1.69 bits per heavy atom. The highest BCUT2D eigenvalue weighted by Crippen LogP contribution is 2.40. The summed E-state index contributed by atoms with van der Waals surface area (Å²) >= 11 is 1.51. The lowest BCUT2D eigenvalue weighted by molar-refractivity contribution is -0.124. The van der Waals surface area contributed by atoms with Crippen molar-refractivity contribution < 1.29 is 4.79 Å². The molecule has 2 fully saturated rings. The number of nitrogens with zero attached hydrogens (tertiary/aromatic N) is 3. The second-order valence-corrected chi connectivity index (χ2v) is 10.9. The Hall–Kier alpha value is -3.05. The number of aromatic nitrogens is 1. The van der Waals surface area contributed by atoms with Gasteiger partial charge in [-0.2, -0.15) is 0 Å². The topological polar surface area (TPSA) is 37.6 Å². The maximum absolute atomic E-state index is 13.8. The van der Waals surface area contributed by atoms with Crippen molar-refractivity contribution >= 4 is 34.6 Å². The summed E-state index contributed by atoms with van der Waals surface area (Å²) in [6, 6.07) is 20.9. The predicted octanol–water partition coefficient (Wildman–Crippen LogP) is 7.59. The Balaban J connectivity index is 1.53. The van der Waals surface area contributed by atoms with Gasteiger partial charge < -0.3 is 4.57 Å². The molecule has 0 spiro atoms. The van der Waals surface area contributed by atoms with E-state index in [9.17, 15) is 4.79 Å². The lowest BCUT2D eigenvalue weighted by atomic mass is 9.85. The van der Waals surface area contributed by atoms with Gasteiger partial charge in [0.15, 0.2) is 5.17 Å². The van der Waals surface area contributed by atoms with Crippen molar-refractivity contribution in [3.8, 4) is 5.69 Å². The predicted molar refractivity (Wildman–Crippen MR) is 147 cm³/mol. The molecule has 35 heavy (non-hydrogen) atoms. The fraction of sp³-hybridized carbons (Fsp3) is 0.333. The van der Waals surface area contributed by atoms with Crippen LogP contribution in [-0.2, 0) is 4.79 Å². The van der Waals surface area contributed by atoms with Crippen LogP contribution in [-0.4, -0.2) is 26.6 Å². The molecule has 1 aliphatic heterocycles. The number of para-hydroxylation sites is 1. The molecule has 5 rings (SSSR count). The monoisotopic (exact) mass is 483 g/mol. The number of thioether (sulfide) groups is 1. The van der Waals surface area contributed by atoms with Gasteiger partial charge in [-0.25, -0.2) is 4.99 Å². The molecule has 1 aliphatic carbocycles. The summed E-state index contributed by atoms with van der Waals surface area (Å²) in [5, 5.41) is 0.804. The van der Waals surface area contributed by atoms with Crippen LogP contribution in [0.25, 0.3) is 11.8 Å². The maximum atomic E-state index is 13.8. The smallest absolute Gasteiger partial charge is 0.267 e. The minimum atomic E-state index is 0.0866. The highest BCUT2D eigenvalue weighted by molar-refractivity contribution is 8.18. The SMILES string of the molecule is Cc1ccc(-n2c(C)cc(/C=C3\SC(=Nc4ccccc4)N([C@@H]4CCCC[C@@H]4C)C3=O)c2C)cc1. The van der Waals surface area contributed by atoms with Gasteiger partial charge in [0.2, 0.25) is 0 Å². The number of aryl methyl sites for hydroxylation is 2. The molecule has 0 unspecified atom stereocenters. The van der Waals surface area contributed by atoms with E-state index in [0.717, 1.165) is 51.2 Å². The quantitative estimate of drug-likeness (QED) is 0.359. The van der Waals surface area contributed by atoms with E-state index >= 15 is 0 Å². The van der Waals surface area contributed by atoms with Crippen molar-refractivity contribution in [2.75, 3.05) is 0 Å². The number of aliphatic imine (C=N–C) groups is 1. The minimum absolute atomic E-state index is 0.0866. The minimum Gasteiger partial charge on any atom is -0.318 e. The summed E-state index contributed by atoms with van der Waals surface area (Å²) < 4.78 is 2.26. The Labute approximate surface area is 212 Å². The molecular formula is C30H33N3OS. The number of hydrogen-bond donors (Lipinski definition) is 0. The summed E-state index contributed by atoms with van der Waals surface area (Å²) in [6.45, 7) is 8.63. The summed E-state index contributed by atoms with van der Waals surface area (Å²) in [4.78, 5) is 21.5. The van der Waals surface area contributed by atoms with Crippen LogP contribution in [0.1, 0.15) is 55.1 Å². The molecule has 180 valence electrons. The molecule has 1 saturated carbocycles. The molecule has 5 heteroatoms. The Kier molecular flexibility index (Phi) is 6.70. The largest absolute Gasteiger partial charge is 0.318 e. The molecule has 4 nitrogen and oxygen atoms in total. The number of carbonyl (C=O) groups is 1. The van der Waals surface area contributed by atoms with Crippen LogP contribution < -0.4 is 0 Å². The van der Waals surface area contributed by atoms with Gasteiger partial charge in [-0.15, -0.1) is 0 Å². The van der Waals surface area contributed by atoms with E-state index in [4.69, 9.17) is 4.99 Å². The van der Waals surface area contributed by atoms with E-state index in [-0.39, 0.29) is 11.9 Å². The standard InChI is InChI=1S/C30H33N3OS/c1-20-14-16-26(17-15-20)32-22(3)18-24(23(32)4)19-28-29(34)33(27-13-9-8-10-21(27)2)30(35-28)31-25-11-6-5-7-12-25/h5-7,11-12,14-19,21,27H,8-10,13H2,1-4H3/b28-19-,31-30?/t21-,27+/m0/s1. The van der Waals surface area contributed by atoms with E-state index in [0.29, 0.717) is 5.92 Å². The zero-order valence-corrected chi connectivity index (χ0v) is 21.8. The second kappa shape index (κ2) is 9.90. The summed E-state index contributed by atoms with van der Waals surface area (Å²) in [6.07, 6.45) is 6.67. The van der Waals surface area contributed by atoms with Crippen LogP contribution in [0.2, 0.25) is 0 Å². The first-order valence-corrected chi connectivity index (χ1v) is 13.4. The van der Waals surface area contributed by atoms with E-state index in [1.54, 1.807) is 0 Å². The van der Waals surface area contributed by atoms with Crippen molar-refractivity contribution in [3.63, 3.8) is 0 Å². The number of carbonyl (C=O) groups excluding carboxylic acids is 1. The first-order chi connectivity index (χ1) is 16.9. The molecule has 0 radical (unpaired) electrons. The number of amides is 1. The highest BCUT2D eigenvalue weighted by Gasteiger charge is 2.41. The zero-order chi connectivity index (χ0) is 24.5. The highest BCUT2D eigenvalue weighted by atomic mass is 32.2. The molecule has 2 aliphatic rings. The third kappa shape index (κ3) is 4.74. The lowest BCUT2D eigenvalue weighted by Gasteiger charge is -2.35. The number of amidine groups is 1. The molecule has 3 aromatic rings. The van der Waals surface area contributed by atoms with Crippen molar-refractivity contribution in [2.45, 2.75) is 59.4 Å². The third-order valence-electron chi connectivity index (χ3n) is 7.26. The van der Waals surface area contributed by atoms with Gasteiger partial charge in [0.25, 0.3) is 5.91 Å². The molecule has 1 amide bonds. The van der Waals surface area contributed by atoms with Crippen molar-refractivity contribution in [1.29, 1.82) is 0 Å². The Bertz CT molecular complexity index is 1290. The average molecular weight is 484 g/mol. The van der Waals surface area contributed by atoms with Crippen LogP contribution in [0, 0.1) is 26.7 Å². The molecule has 0 bridgehead atoms. The summed E-state index contributed by atoms with van der Waals surface area (Å²) in [5.41, 5.74) is 6.65. The first kappa shape index (κ1) is 23.7. The average Bonchev–Trinajstić information content (AvgIpc) is 3.30. The molecule has 2 heterocycles. The van der Waals surface area contributed by atoms with Gasteiger partial charge in [0, 0.05) is 23.1 Å².